The van der Waals surface area contributed by atoms with Gasteiger partial charge in [-0.2, -0.15) is 0 Å². The number of amides is 1. The maximum absolute atomic E-state index is 12.5. The average molecular weight is 412 g/mol. The van der Waals surface area contributed by atoms with Crippen LogP contribution >= 0.6 is 11.3 Å². The normalized spacial score (nSPS) is 13.6. The van der Waals surface area contributed by atoms with Crippen molar-refractivity contribution >= 4 is 17.2 Å². The first-order valence-electron chi connectivity index (χ1n) is 10.0. The molecule has 1 N–H and O–H groups in total. The minimum Gasteiger partial charge on any atom is -0.487 e. The van der Waals surface area contributed by atoms with Crippen molar-refractivity contribution in [1.82, 2.24) is 25.1 Å². The van der Waals surface area contributed by atoms with E-state index in [1.807, 2.05) is 24.4 Å². The molecule has 1 aliphatic rings. The van der Waals surface area contributed by atoms with Crippen LogP contribution in [0, 0.1) is 6.92 Å². The van der Waals surface area contributed by atoms with Crippen LogP contribution in [0.25, 0.3) is 0 Å². The molecule has 0 fully saturated rings. The Morgan fingerprint density at radius 3 is 3.07 bits per heavy atom. The van der Waals surface area contributed by atoms with Crippen molar-refractivity contribution < 1.29 is 9.53 Å². The Balaban J connectivity index is 1.30. The second kappa shape index (κ2) is 9.17. The van der Waals surface area contributed by atoms with Gasteiger partial charge in [-0.1, -0.05) is 12.5 Å². The number of carbonyl (C=O) groups is 1. The summed E-state index contributed by atoms with van der Waals surface area (Å²) >= 11 is 1.60. The van der Waals surface area contributed by atoms with E-state index < -0.39 is 0 Å². The second-order valence-electron chi connectivity index (χ2n) is 7.18. The number of rotatable bonds is 7. The van der Waals surface area contributed by atoms with E-state index >= 15 is 0 Å². The Labute approximate surface area is 174 Å². The number of hydrogen-bond acceptors (Lipinski definition) is 6. The Morgan fingerprint density at radius 1 is 1.28 bits per heavy atom. The van der Waals surface area contributed by atoms with Gasteiger partial charge in [-0.05, 0) is 38.0 Å². The zero-order valence-corrected chi connectivity index (χ0v) is 17.4. The summed E-state index contributed by atoms with van der Waals surface area (Å²) in [4.78, 5) is 16.9. The zero-order chi connectivity index (χ0) is 20.1. The minimum atomic E-state index is -0.115. The Kier molecular flexibility index (Phi) is 6.19. The highest BCUT2D eigenvalue weighted by molar-refractivity contribution is 7.09. The van der Waals surface area contributed by atoms with E-state index in [0.29, 0.717) is 30.9 Å². The van der Waals surface area contributed by atoms with E-state index in [1.165, 1.54) is 12.8 Å². The van der Waals surface area contributed by atoms with E-state index in [0.717, 1.165) is 41.7 Å². The molecule has 1 aliphatic heterocycles. The highest BCUT2D eigenvalue weighted by Crippen LogP contribution is 2.17. The largest absolute Gasteiger partial charge is 0.487 e. The number of carbonyl (C=O) groups excluding carboxylic acids is 1. The van der Waals surface area contributed by atoms with Crippen LogP contribution in [0.1, 0.15) is 52.0 Å². The van der Waals surface area contributed by atoms with Crippen LogP contribution < -0.4 is 10.1 Å². The average Bonchev–Trinajstić information content (AvgIpc) is 3.24. The van der Waals surface area contributed by atoms with Crippen LogP contribution in [-0.4, -0.2) is 32.2 Å². The van der Waals surface area contributed by atoms with E-state index in [1.54, 1.807) is 23.5 Å². The fraction of sp³-hybridized carbons (Fsp3) is 0.429. The molecule has 8 heteroatoms. The molecule has 0 bridgehead atoms. The lowest BCUT2D eigenvalue weighted by molar-refractivity contribution is 0.0953. The van der Waals surface area contributed by atoms with Crippen molar-refractivity contribution in [3.63, 3.8) is 0 Å². The SMILES string of the molecule is Cc1nc(COc2cccc(C(=O)NCCc3nnc4n3CCCCC4)c2)cs1. The number of hydrogen-bond donors (Lipinski definition) is 1. The van der Waals surface area contributed by atoms with Gasteiger partial charge < -0.3 is 14.6 Å². The lowest BCUT2D eigenvalue weighted by atomic mass is 10.2. The third-order valence-corrected chi connectivity index (χ3v) is 5.79. The molecule has 0 radical (unpaired) electrons. The number of aryl methyl sites for hydroxylation is 2. The van der Waals surface area contributed by atoms with Crippen molar-refractivity contribution in [1.29, 1.82) is 0 Å². The Hall–Kier alpha value is -2.74. The van der Waals surface area contributed by atoms with E-state index in [4.69, 9.17) is 4.74 Å². The number of nitrogens with zero attached hydrogens (tertiary/aromatic N) is 4. The Bertz CT molecular complexity index is 981. The van der Waals surface area contributed by atoms with Crippen LogP contribution in [-0.2, 0) is 26.0 Å². The first-order valence-corrected chi connectivity index (χ1v) is 10.9. The summed E-state index contributed by atoms with van der Waals surface area (Å²) in [6, 6.07) is 7.23. The molecule has 4 rings (SSSR count). The molecule has 3 heterocycles. The van der Waals surface area contributed by atoms with Crippen molar-refractivity contribution in [3.8, 4) is 5.75 Å². The van der Waals surface area contributed by atoms with Crippen LogP contribution in [0.2, 0.25) is 0 Å². The van der Waals surface area contributed by atoms with Crippen molar-refractivity contribution in [3.05, 3.63) is 57.6 Å². The molecule has 0 saturated carbocycles. The van der Waals surface area contributed by atoms with Gasteiger partial charge in [0.05, 0.1) is 10.7 Å². The van der Waals surface area contributed by atoms with Gasteiger partial charge >= 0.3 is 0 Å². The maximum Gasteiger partial charge on any atom is 0.251 e. The monoisotopic (exact) mass is 411 g/mol. The molecule has 0 saturated heterocycles. The third-order valence-electron chi connectivity index (χ3n) is 4.97. The number of nitrogens with one attached hydrogen (secondary N) is 1. The number of aromatic nitrogens is 4. The van der Waals surface area contributed by atoms with Crippen LogP contribution in [0.4, 0.5) is 0 Å². The van der Waals surface area contributed by atoms with Gasteiger partial charge in [-0.25, -0.2) is 4.98 Å². The third kappa shape index (κ3) is 5.00. The molecule has 1 amide bonds. The first-order chi connectivity index (χ1) is 14.2. The van der Waals surface area contributed by atoms with Gasteiger partial charge in [0, 0.05) is 36.9 Å². The summed E-state index contributed by atoms with van der Waals surface area (Å²) in [6.07, 6.45) is 5.25. The molecule has 7 nitrogen and oxygen atoms in total. The molecular formula is C21H25N5O2S. The fourth-order valence-corrected chi connectivity index (χ4v) is 4.08. The van der Waals surface area contributed by atoms with Gasteiger partial charge in [0.15, 0.2) is 0 Å². The highest BCUT2D eigenvalue weighted by Gasteiger charge is 2.15. The minimum absolute atomic E-state index is 0.115. The lowest BCUT2D eigenvalue weighted by Crippen LogP contribution is -2.26. The summed E-state index contributed by atoms with van der Waals surface area (Å²) < 4.78 is 7.99. The molecule has 3 aromatic rings. The van der Waals surface area contributed by atoms with Gasteiger partial charge in [0.1, 0.15) is 24.0 Å². The highest BCUT2D eigenvalue weighted by atomic mass is 32.1. The van der Waals surface area contributed by atoms with E-state index in [9.17, 15) is 4.79 Å². The van der Waals surface area contributed by atoms with Crippen LogP contribution in [0.15, 0.2) is 29.6 Å². The smallest absolute Gasteiger partial charge is 0.251 e. The summed E-state index contributed by atoms with van der Waals surface area (Å²) in [5.41, 5.74) is 1.48. The van der Waals surface area contributed by atoms with E-state index in [-0.39, 0.29) is 5.91 Å². The number of ether oxygens (including phenoxy) is 1. The van der Waals surface area contributed by atoms with Gasteiger partial charge in [0.2, 0.25) is 0 Å². The Morgan fingerprint density at radius 2 is 2.21 bits per heavy atom. The number of benzene rings is 1. The van der Waals surface area contributed by atoms with Crippen molar-refractivity contribution in [2.45, 2.75) is 52.2 Å². The molecule has 152 valence electrons. The van der Waals surface area contributed by atoms with Crippen molar-refractivity contribution in [2.24, 2.45) is 0 Å². The molecule has 0 atom stereocenters. The molecule has 29 heavy (non-hydrogen) atoms. The molecule has 2 aromatic heterocycles. The summed E-state index contributed by atoms with van der Waals surface area (Å²) in [7, 11) is 0. The topological polar surface area (TPSA) is 81.9 Å². The quantitative estimate of drug-likeness (QED) is 0.645. The summed E-state index contributed by atoms with van der Waals surface area (Å²) in [5, 5.41) is 14.6. The zero-order valence-electron chi connectivity index (χ0n) is 16.6. The van der Waals surface area contributed by atoms with E-state index in [2.05, 4.69) is 25.1 Å². The summed E-state index contributed by atoms with van der Waals surface area (Å²) in [6.45, 7) is 3.87. The van der Waals surface area contributed by atoms with Crippen molar-refractivity contribution in [2.75, 3.05) is 6.54 Å². The second-order valence-corrected chi connectivity index (χ2v) is 8.24. The van der Waals surface area contributed by atoms with Gasteiger partial charge in [-0.15, -0.1) is 21.5 Å². The lowest BCUT2D eigenvalue weighted by Gasteiger charge is -2.09. The predicted molar refractivity (Wildman–Crippen MR) is 111 cm³/mol. The predicted octanol–water partition coefficient (Wildman–Crippen LogP) is 3.32. The molecule has 0 unspecified atom stereocenters. The number of thiazole rings is 1. The first kappa shape index (κ1) is 19.6. The van der Waals surface area contributed by atoms with Crippen LogP contribution in [0.5, 0.6) is 5.75 Å². The fourth-order valence-electron chi connectivity index (χ4n) is 3.48. The van der Waals surface area contributed by atoms with Gasteiger partial charge in [-0.3, -0.25) is 4.79 Å². The molecule has 0 spiro atoms. The number of fused-ring (bicyclic) bond motifs is 1. The molecule has 0 aliphatic carbocycles. The van der Waals surface area contributed by atoms with Gasteiger partial charge in [0.25, 0.3) is 5.91 Å². The summed E-state index contributed by atoms with van der Waals surface area (Å²) in [5.74, 6) is 2.57. The molecular weight excluding hydrogens is 386 g/mol. The standard InChI is InChI=1S/C21H25N5O2S/c1-15-23-17(14-29-15)13-28-18-7-5-6-16(12-18)21(27)22-10-9-20-25-24-19-8-3-2-4-11-26(19)20/h5-7,12,14H,2-4,8-11,13H2,1H3,(H,22,27). The van der Waals surface area contributed by atoms with Crippen LogP contribution in [0.3, 0.4) is 0 Å². The molecule has 1 aromatic carbocycles. The maximum atomic E-state index is 12.5.